The standard InChI is InChI=1S/C16H19N3O3S/c1-19(15-11-17-9-10-18-15)23(20,21)16(7-8-16)13-22-12-14-5-3-2-4-6-14/h2-6,9-11H,7-8,12-13H2,1H3. The molecule has 0 radical (unpaired) electrons. The van der Waals surface area contributed by atoms with Crippen LogP contribution >= 0.6 is 0 Å². The Hall–Kier alpha value is -1.99. The molecule has 1 saturated carbocycles. The second-order valence-corrected chi connectivity index (χ2v) is 8.06. The van der Waals surface area contributed by atoms with E-state index in [2.05, 4.69) is 9.97 Å². The normalized spacial score (nSPS) is 16.0. The molecule has 122 valence electrons. The minimum Gasteiger partial charge on any atom is -0.375 e. The molecule has 2 aromatic rings. The quantitative estimate of drug-likeness (QED) is 0.775. The molecule has 0 saturated heterocycles. The van der Waals surface area contributed by atoms with Crippen molar-refractivity contribution in [2.24, 2.45) is 0 Å². The average Bonchev–Trinajstić information content (AvgIpc) is 3.37. The van der Waals surface area contributed by atoms with Crippen molar-refractivity contribution in [1.82, 2.24) is 9.97 Å². The van der Waals surface area contributed by atoms with Crippen molar-refractivity contribution in [1.29, 1.82) is 0 Å². The third-order valence-electron chi connectivity index (χ3n) is 4.06. The van der Waals surface area contributed by atoms with Gasteiger partial charge >= 0.3 is 0 Å². The first kappa shape index (κ1) is 15.9. The molecule has 0 N–H and O–H groups in total. The zero-order valence-corrected chi connectivity index (χ0v) is 13.7. The molecule has 0 spiro atoms. The lowest BCUT2D eigenvalue weighted by molar-refractivity contribution is 0.116. The van der Waals surface area contributed by atoms with E-state index in [-0.39, 0.29) is 6.61 Å². The van der Waals surface area contributed by atoms with Crippen molar-refractivity contribution in [2.75, 3.05) is 18.0 Å². The highest BCUT2D eigenvalue weighted by molar-refractivity contribution is 7.94. The maximum absolute atomic E-state index is 12.8. The average molecular weight is 333 g/mol. The van der Waals surface area contributed by atoms with E-state index in [0.29, 0.717) is 25.3 Å². The van der Waals surface area contributed by atoms with Gasteiger partial charge in [0.15, 0.2) is 5.82 Å². The molecule has 0 aliphatic heterocycles. The highest BCUT2D eigenvalue weighted by Crippen LogP contribution is 2.45. The summed E-state index contributed by atoms with van der Waals surface area (Å²) in [5.74, 6) is 0.321. The first-order valence-corrected chi connectivity index (χ1v) is 8.85. The fourth-order valence-electron chi connectivity index (χ4n) is 2.41. The predicted molar refractivity (Wildman–Crippen MR) is 87.4 cm³/mol. The zero-order valence-electron chi connectivity index (χ0n) is 12.9. The van der Waals surface area contributed by atoms with Crippen LogP contribution in [0.25, 0.3) is 0 Å². The molecule has 0 atom stereocenters. The maximum atomic E-state index is 12.8. The Morgan fingerprint density at radius 3 is 2.57 bits per heavy atom. The van der Waals surface area contributed by atoms with E-state index >= 15 is 0 Å². The summed E-state index contributed by atoms with van der Waals surface area (Å²) in [6.07, 6.45) is 5.65. The number of nitrogens with zero attached hydrogens (tertiary/aromatic N) is 3. The van der Waals surface area contributed by atoms with Gasteiger partial charge < -0.3 is 4.74 Å². The Morgan fingerprint density at radius 1 is 1.22 bits per heavy atom. The van der Waals surface area contributed by atoms with Crippen LogP contribution in [0.2, 0.25) is 0 Å². The van der Waals surface area contributed by atoms with Crippen molar-refractivity contribution in [3.05, 3.63) is 54.5 Å². The summed E-state index contributed by atoms with van der Waals surface area (Å²) in [4.78, 5) is 7.98. The molecule has 1 aromatic carbocycles. The van der Waals surface area contributed by atoms with E-state index in [4.69, 9.17) is 4.74 Å². The van der Waals surface area contributed by atoms with Crippen molar-refractivity contribution in [2.45, 2.75) is 24.2 Å². The molecule has 1 aromatic heterocycles. The van der Waals surface area contributed by atoms with Crippen LogP contribution in [0.1, 0.15) is 18.4 Å². The van der Waals surface area contributed by atoms with Crippen LogP contribution in [0.3, 0.4) is 0 Å². The van der Waals surface area contributed by atoms with Gasteiger partial charge in [-0.25, -0.2) is 13.4 Å². The molecular formula is C16H19N3O3S. The van der Waals surface area contributed by atoms with Crippen LogP contribution in [-0.2, 0) is 21.4 Å². The molecule has 0 unspecified atom stereocenters. The Morgan fingerprint density at radius 2 is 1.96 bits per heavy atom. The lowest BCUT2D eigenvalue weighted by Gasteiger charge is -2.24. The third kappa shape index (κ3) is 3.20. The Labute approximate surface area is 136 Å². The first-order valence-electron chi connectivity index (χ1n) is 7.41. The summed E-state index contributed by atoms with van der Waals surface area (Å²) in [6, 6.07) is 9.72. The summed E-state index contributed by atoms with van der Waals surface area (Å²) in [7, 11) is -2.02. The van der Waals surface area contributed by atoms with Gasteiger partial charge in [-0.1, -0.05) is 30.3 Å². The summed E-state index contributed by atoms with van der Waals surface area (Å²) in [5, 5.41) is 0. The molecule has 7 heteroatoms. The molecular weight excluding hydrogens is 314 g/mol. The number of hydrogen-bond donors (Lipinski definition) is 0. The van der Waals surface area contributed by atoms with E-state index in [1.807, 2.05) is 30.3 Å². The minimum atomic E-state index is -3.53. The van der Waals surface area contributed by atoms with Gasteiger partial charge in [-0.2, -0.15) is 0 Å². The van der Waals surface area contributed by atoms with Gasteiger partial charge in [0.2, 0.25) is 10.0 Å². The van der Waals surface area contributed by atoms with E-state index in [9.17, 15) is 8.42 Å². The molecule has 1 aliphatic carbocycles. The molecule has 1 aliphatic rings. The summed E-state index contributed by atoms with van der Waals surface area (Å²) in [5.41, 5.74) is 1.03. The highest BCUT2D eigenvalue weighted by Gasteiger charge is 2.57. The predicted octanol–water partition coefficient (Wildman–Crippen LogP) is 1.99. The van der Waals surface area contributed by atoms with Crippen molar-refractivity contribution >= 4 is 15.8 Å². The minimum absolute atomic E-state index is 0.189. The topological polar surface area (TPSA) is 72.4 Å². The van der Waals surface area contributed by atoms with Gasteiger partial charge in [0, 0.05) is 19.4 Å². The fraction of sp³-hybridized carbons (Fsp3) is 0.375. The van der Waals surface area contributed by atoms with Gasteiger partial charge in [-0.05, 0) is 18.4 Å². The van der Waals surface area contributed by atoms with Crippen molar-refractivity contribution in [3.63, 3.8) is 0 Å². The number of aromatic nitrogens is 2. The first-order chi connectivity index (χ1) is 11.1. The summed E-state index contributed by atoms with van der Waals surface area (Å²) >= 11 is 0. The Balaban J connectivity index is 1.67. The van der Waals surface area contributed by atoms with Gasteiger partial charge in [0.05, 0.1) is 19.4 Å². The highest BCUT2D eigenvalue weighted by atomic mass is 32.2. The molecule has 6 nitrogen and oxygen atoms in total. The van der Waals surface area contributed by atoms with Crippen LogP contribution in [-0.4, -0.2) is 36.8 Å². The van der Waals surface area contributed by atoms with Gasteiger partial charge in [-0.15, -0.1) is 0 Å². The Bertz CT molecular complexity index is 747. The number of benzene rings is 1. The Kier molecular flexibility index (Phi) is 4.32. The SMILES string of the molecule is CN(c1cnccn1)S(=O)(=O)C1(COCc2ccccc2)CC1. The molecule has 23 heavy (non-hydrogen) atoms. The second kappa shape index (κ2) is 6.25. The van der Waals surface area contributed by atoms with Gasteiger partial charge in [0.1, 0.15) is 4.75 Å². The summed E-state index contributed by atoms with van der Waals surface area (Å²) in [6.45, 7) is 0.599. The van der Waals surface area contributed by atoms with Crippen LogP contribution < -0.4 is 4.31 Å². The lowest BCUT2D eigenvalue weighted by Crippen LogP contribution is -2.41. The van der Waals surface area contributed by atoms with Crippen LogP contribution in [0, 0.1) is 0 Å². The maximum Gasteiger partial charge on any atom is 0.244 e. The van der Waals surface area contributed by atoms with Crippen LogP contribution in [0.5, 0.6) is 0 Å². The van der Waals surface area contributed by atoms with Gasteiger partial charge in [-0.3, -0.25) is 9.29 Å². The van der Waals surface area contributed by atoms with Crippen molar-refractivity contribution in [3.8, 4) is 0 Å². The molecule has 3 rings (SSSR count). The number of anilines is 1. The van der Waals surface area contributed by atoms with E-state index in [1.54, 1.807) is 0 Å². The lowest BCUT2D eigenvalue weighted by atomic mass is 10.2. The van der Waals surface area contributed by atoms with Crippen molar-refractivity contribution < 1.29 is 13.2 Å². The monoisotopic (exact) mass is 333 g/mol. The summed E-state index contributed by atoms with van der Waals surface area (Å²) < 4.78 is 31.7. The van der Waals surface area contributed by atoms with Crippen LogP contribution in [0.4, 0.5) is 5.82 Å². The largest absolute Gasteiger partial charge is 0.375 e. The molecule has 0 amide bonds. The van der Waals surface area contributed by atoms with Gasteiger partial charge in [0.25, 0.3) is 0 Å². The number of rotatable bonds is 7. The van der Waals surface area contributed by atoms with E-state index in [0.717, 1.165) is 5.56 Å². The third-order valence-corrected chi connectivity index (χ3v) is 6.59. The van der Waals surface area contributed by atoms with E-state index < -0.39 is 14.8 Å². The second-order valence-electron chi connectivity index (χ2n) is 5.70. The number of sulfonamides is 1. The number of ether oxygens (including phenoxy) is 1. The molecule has 1 heterocycles. The van der Waals surface area contributed by atoms with Crippen LogP contribution in [0.15, 0.2) is 48.9 Å². The zero-order chi connectivity index (χ0) is 16.3. The van der Waals surface area contributed by atoms with E-state index in [1.165, 1.54) is 29.9 Å². The fourth-order valence-corrected chi connectivity index (χ4v) is 4.18. The number of hydrogen-bond acceptors (Lipinski definition) is 5. The molecule has 1 fully saturated rings. The molecule has 0 bridgehead atoms. The smallest absolute Gasteiger partial charge is 0.244 e.